The lowest BCUT2D eigenvalue weighted by atomic mass is 10.0. The van der Waals surface area contributed by atoms with E-state index >= 15 is 0 Å². The molecule has 3 aromatic rings. The van der Waals surface area contributed by atoms with E-state index in [4.69, 9.17) is 0 Å². The van der Waals surface area contributed by atoms with Crippen molar-refractivity contribution in [1.82, 2.24) is 10.3 Å². The topological polar surface area (TPSA) is 79.3 Å². The molecule has 2 aromatic carbocycles. The van der Waals surface area contributed by atoms with Crippen LogP contribution in [0.1, 0.15) is 15.9 Å². The van der Waals surface area contributed by atoms with E-state index in [9.17, 15) is 14.7 Å². The van der Waals surface area contributed by atoms with Gasteiger partial charge >= 0.3 is 5.97 Å². The molecule has 1 heterocycles. The maximum Gasteiger partial charge on any atom is 0.308 e. The molecule has 126 valence electrons. The SMILES string of the molecule is O=C(NCC(Cc1cccnc1)C(=O)O)c1ccc2ccccc2c1. The van der Waals surface area contributed by atoms with Crippen molar-refractivity contribution in [2.75, 3.05) is 6.54 Å². The minimum Gasteiger partial charge on any atom is -0.481 e. The van der Waals surface area contributed by atoms with Crippen molar-refractivity contribution in [1.29, 1.82) is 0 Å². The van der Waals surface area contributed by atoms with Crippen LogP contribution >= 0.6 is 0 Å². The van der Waals surface area contributed by atoms with Crippen LogP contribution in [0, 0.1) is 5.92 Å². The highest BCUT2D eigenvalue weighted by Gasteiger charge is 2.19. The van der Waals surface area contributed by atoms with Gasteiger partial charge in [-0.25, -0.2) is 0 Å². The Balaban J connectivity index is 1.67. The number of carbonyl (C=O) groups excluding carboxylic acids is 1. The molecule has 0 fully saturated rings. The third-order valence-electron chi connectivity index (χ3n) is 4.07. The summed E-state index contributed by atoms with van der Waals surface area (Å²) < 4.78 is 0. The third-order valence-corrected chi connectivity index (χ3v) is 4.07. The Labute approximate surface area is 145 Å². The van der Waals surface area contributed by atoms with E-state index in [0.29, 0.717) is 12.0 Å². The molecular weight excluding hydrogens is 316 g/mol. The van der Waals surface area contributed by atoms with Gasteiger partial charge in [-0.15, -0.1) is 0 Å². The first kappa shape index (κ1) is 16.6. The summed E-state index contributed by atoms with van der Waals surface area (Å²) in [4.78, 5) is 27.8. The Bertz CT molecular complexity index is 894. The van der Waals surface area contributed by atoms with Crippen LogP contribution < -0.4 is 5.32 Å². The lowest BCUT2D eigenvalue weighted by Gasteiger charge is -2.13. The van der Waals surface area contributed by atoms with Crippen LogP contribution in [-0.2, 0) is 11.2 Å². The number of nitrogens with zero attached hydrogens (tertiary/aromatic N) is 1. The molecule has 25 heavy (non-hydrogen) atoms. The Morgan fingerprint density at radius 1 is 1.04 bits per heavy atom. The number of carboxylic acid groups (broad SMARTS) is 1. The predicted octanol–water partition coefficient (Wildman–Crippen LogP) is 2.91. The molecule has 0 bridgehead atoms. The normalized spacial score (nSPS) is 11.8. The van der Waals surface area contributed by atoms with E-state index in [1.807, 2.05) is 42.5 Å². The van der Waals surface area contributed by atoms with Crippen molar-refractivity contribution >= 4 is 22.6 Å². The average molecular weight is 334 g/mol. The standard InChI is InChI=1S/C20H18N2O3/c23-19(17-8-7-15-5-1-2-6-16(15)11-17)22-13-18(20(24)25)10-14-4-3-9-21-12-14/h1-9,11-12,18H,10,13H2,(H,22,23)(H,24,25). The molecule has 0 aliphatic heterocycles. The number of amides is 1. The molecule has 0 saturated heterocycles. The third kappa shape index (κ3) is 4.20. The summed E-state index contributed by atoms with van der Waals surface area (Å²) in [5.74, 6) is -1.92. The number of hydrogen-bond acceptors (Lipinski definition) is 3. The summed E-state index contributed by atoms with van der Waals surface area (Å²) in [7, 11) is 0. The first-order valence-corrected chi connectivity index (χ1v) is 8.02. The maximum atomic E-state index is 12.4. The summed E-state index contributed by atoms with van der Waals surface area (Å²) in [6.45, 7) is 0.0654. The van der Waals surface area contributed by atoms with Crippen LogP contribution in [0.15, 0.2) is 67.0 Å². The largest absolute Gasteiger partial charge is 0.481 e. The molecule has 0 radical (unpaired) electrons. The minimum absolute atomic E-state index is 0.0654. The Kier molecular flexibility index (Phi) is 5.04. The van der Waals surface area contributed by atoms with Crippen LogP contribution in [0.2, 0.25) is 0 Å². The lowest BCUT2D eigenvalue weighted by molar-refractivity contribution is -0.141. The number of carboxylic acids is 1. The van der Waals surface area contributed by atoms with Crippen LogP contribution in [0.25, 0.3) is 10.8 Å². The van der Waals surface area contributed by atoms with Gasteiger partial charge in [0.2, 0.25) is 0 Å². The van der Waals surface area contributed by atoms with Crippen molar-refractivity contribution in [2.45, 2.75) is 6.42 Å². The second-order valence-electron chi connectivity index (χ2n) is 5.87. The average Bonchev–Trinajstić information content (AvgIpc) is 2.65. The monoisotopic (exact) mass is 334 g/mol. The van der Waals surface area contributed by atoms with Gasteiger partial charge in [-0.1, -0.05) is 36.4 Å². The molecule has 0 saturated carbocycles. The Hall–Kier alpha value is -3.21. The fourth-order valence-electron chi connectivity index (χ4n) is 2.70. The maximum absolute atomic E-state index is 12.4. The summed E-state index contributed by atoms with van der Waals surface area (Å²) in [5, 5.41) is 14.1. The number of fused-ring (bicyclic) bond motifs is 1. The molecule has 1 unspecified atom stereocenters. The van der Waals surface area contributed by atoms with E-state index in [0.717, 1.165) is 16.3 Å². The Morgan fingerprint density at radius 3 is 2.56 bits per heavy atom. The lowest BCUT2D eigenvalue weighted by Crippen LogP contribution is -2.34. The van der Waals surface area contributed by atoms with Gasteiger partial charge in [0.25, 0.3) is 5.91 Å². The van der Waals surface area contributed by atoms with Crippen LogP contribution in [0.5, 0.6) is 0 Å². The van der Waals surface area contributed by atoms with Gasteiger partial charge in [0.05, 0.1) is 5.92 Å². The second-order valence-corrected chi connectivity index (χ2v) is 5.87. The molecule has 1 atom stereocenters. The molecule has 0 spiro atoms. The number of carbonyl (C=O) groups is 2. The minimum atomic E-state index is -0.942. The van der Waals surface area contributed by atoms with Gasteiger partial charge in [-0.05, 0) is 41.0 Å². The highest BCUT2D eigenvalue weighted by atomic mass is 16.4. The van der Waals surface area contributed by atoms with Crippen molar-refractivity contribution in [3.8, 4) is 0 Å². The molecule has 2 N–H and O–H groups in total. The second kappa shape index (κ2) is 7.57. The predicted molar refractivity (Wildman–Crippen MR) is 95.3 cm³/mol. The van der Waals surface area contributed by atoms with E-state index in [1.165, 1.54) is 0 Å². The van der Waals surface area contributed by atoms with Crippen molar-refractivity contribution < 1.29 is 14.7 Å². The zero-order valence-electron chi connectivity index (χ0n) is 13.6. The smallest absolute Gasteiger partial charge is 0.308 e. The number of aromatic nitrogens is 1. The van der Waals surface area contributed by atoms with Crippen molar-refractivity contribution in [3.05, 3.63) is 78.1 Å². The van der Waals surface area contributed by atoms with E-state index in [-0.39, 0.29) is 12.5 Å². The number of hydrogen-bond donors (Lipinski definition) is 2. The van der Waals surface area contributed by atoms with Gasteiger partial charge in [-0.3, -0.25) is 14.6 Å². The van der Waals surface area contributed by atoms with E-state index < -0.39 is 11.9 Å². The fraction of sp³-hybridized carbons (Fsp3) is 0.150. The number of pyridine rings is 1. The first-order valence-electron chi connectivity index (χ1n) is 8.02. The van der Waals surface area contributed by atoms with Gasteiger partial charge in [0.1, 0.15) is 0 Å². The molecule has 5 nitrogen and oxygen atoms in total. The first-order chi connectivity index (χ1) is 12.1. The zero-order chi connectivity index (χ0) is 17.6. The molecule has 0 aliphatic carbocycles. The molecule has 1 aromatic heterocycles. The van der Waals surface area contributed by atoms with Gasteiger partial charge in [0.15, 0.2) is 0 Å². The molecule has 0 aliphatic rings. The summed E-state index contributed by atoms with van der Waals surface area (Å²) in [6.07, 6.45) is 3.60. The number of rotatable bonds is 6. The summed E-state index contributed by atoms with van der Waals surface area (Å²) in [5.41, 5.74) is 1.35. The number of aliphatic carboxylic acids is 1. The van der Waals surface area contributed by atoms with Crippen molar-refractivity contribution in [2.24, 2.45) is 5.92 Å². The van der Waals surface area contributed by atoms with E-state index in [1.54, 1.807) is 24.5 Å². The Morgan fingerprint density at radius 2 is 1.84 bits per heavy atom. The molecular formula is C20H18N2O3. The highest BCUT2D eigenvalue weighted by Crippen LogP contribution is 2.16. The van der Waals surface area contributed by atoms with Gasteiger partial charge < -0.3 is 10.4 Å². The number of benzene rings is 2. The quantitative estimate of drug-likeness (QED) is 0.726. The van der Waals surface area contributed by atoms with Crippen LogP contribution in [-0.4, -0.2) is 28.5 Å². The fourth-order valence-corrected chi connectivity index (χ4v) is 2.70. The molecule has 5 heteroatoms. The molecule has 3 rings (SSSR count). The number of nitrogens with one attached hydrogen (secondary N) is 1. The van der Waals surface area contributed by atoms with Crippen LogP contribution in [0.4, 0.5) is 0 Å². The summed E-state index contributed by atoms with van der Waals surface area (Å²) in [6, 6.07) is 16.8. The molecule has 1 amide bonds. The van der Waals surface area contributed by atoms with Gasteiger partial charge in [-0.2, -0.15) is 0 Å². The highest BCUT2D eigenvalue weighted by molar-refractivity contribution is 5.98. The zero-order valence-corrected chi connectivity index (χ0v) is 13.6. The van der Waals surface area contributed by atoms with Crippen molar-refractivity contribution in [3.63, 3.8) is 0 Å². The van der Waals surface area contributed by atoms with Crippen LogP contribution in [0.3, 0.4) is 0 Å². The van der Waals surface area contributed by atoms with E-state index in [2.05, 4.69) is 10.3 Å². The van der Waals surface area contributed by atoms with Gasteiger partial charge in [0, 0.05) is 24.5 Å². The summed E-state index contributed by atoms with van der Waals surface area (Å²) >= 11 is 0.